The number of nitrogens with zero attached hydrogens (tertiary/aromatic N) is 2. The number of benzene rings is 3. The molecule has 3 rings (SSSR count). The molecule has 2 amide bonds. The lowest BCUT2D eigenvalue weighted by molar-refractivity contribution is -0.140. The molecule has 0 fully saturated rings. The van der Waals surface area contributed by atoms with Crippen LogP contribution in [-0.2, 0) is 26.2 Å². The van der Waals surface area contributed by atoms with Crippen molar-refractivity contribution in [2.24, 2.45) is 0 Å². The third-order valence-electron chi connectivity index (χ3n) is 6.25. The molecule has 0 unspecified atom stereocenters. The Kier molecular flexibility index (Phi) is 10.5. The van der Waals surface area contributed by atoms with E-state index in [0.29, 0.717) is 24.2 Å². The Labute approximate surface area is 234 Å². The van der Waals surface area contributed by atoms with Crippen molar-refractivity contribution in [3.8, 4) is 0 Å². The number of amides is 2. The maximum Gasteiger partial charge on any atom is 0.264 e. The van der Waals surface area contributed by atoms with Crippen molar-refractivity contribution < 1.29 is 22.4 Å². The van der Waals surface area contributed by atoms with Crippen molar-refractivity contribution >= 4 is 39.3 Å². The average molecular weight is 572 g/mol. The molecular formula is C29H34FN3O4S2. The molecule has 0 saturated carbocycles. The van der Waals surface area contributed by atoms with Crippen LogP contribution in [0.3, 0.4) is 0 Å². The Morgan fingerprint density at radius 1 is 0.949 bits per heavy atom. The molecule has 3 aromatic carbocycles. The molecule has 39 heavy (non-hydrogen) atoms. The zero-order valence-corrected chi connectivity index (χ0v) is 24.2. The van der Waals surface area contributed by atoms with Gasteiger partial charge in [-0.1, -0.05) is 36.8 Å². The lowest BCUT2D eigenvalue weighted by Gasteiger charge is -2.33. The molecule has 0 spiro atoms. The SMILES string of the molecule is CCNC(=O)[C@H](CC)N(Cc1ccc(F)cc1)C(=O)CN(c1ccc(C)cc1)S(=O)(=O)c1ccc(SC)cc1. The molecule has 0 radical (unpaired) electrons. The van der Waals surface area contributed by atoms with Gasteiger partial charge in [0, 0.05) is 18.0 Å². The molecule has 1 N–H and O–H groups in total. The minimum absolute atomic E-state index is 0.0129. The normalized spacial score (nSPS) is 12.0. The highest BCUT2D eigenvalue weighted by atomic mass is 32.2. The van der Waals surface area contributed by atoms with E-state index in [0.717, 1.165) is 14.8 Å². The van der Waals surface area contributed by atoms with Gasteiger partial charge in [-0.3, -0.25) is 13.9 Å². The van der Waals surface area contributed by atoms with E-state index in [9.17, 15) is 22.4 Å². The number of hydrogen-bond donors (Lipinski definition) is 1. The van der Waals surface area contributed by atoms with Crippen LogP contribution in [0.1, 0.15) is 31.4 Å². The van der Waals surface area contributed by atoms with E-state index in [4.69, 9.17) is 0 Å². The number of hydrogen-bond acceptors (Lipinski definition) is 5. The molecule has 0 saturated heterocycles. The third-order valence-corrected chi connectivity index (χ3v) is 8.78. The quantitative estimate of drug-likeness (QED) is 0.310. The number of likely N-dealkylation sites (N-methyl/N-ethyl adjacent to an activating group) is 1. The minimum atomic E-state index is -4.14. The van der Waals surface area contributed by atoms with Crippen LogP contribution in [0.4, 0.5) is 10.1 Å². The second kappa shape index (κ2) is 13.6. The summed E-state index contributed by atoms with van der Waals surface area (Å²) in [7, 11) is -4.14. The first-order valence-electron chi connectivity index (χ1n) is 12.7. The highest BCUT2D eigenvalue weighted by Gasteiger charge is 2.33. The average Bonchev–Trinajstić information content (AvgIpc) is 2.93. The van der Waals surface area contributed by atoms with Gasteiger partial charge in [-0.05, 0) is 80.6 Å². The van der Waals surface area contributed by atoms with Crippen LogP contribution in [0.2, 0.25) is 0 Å². The van der Waals surface area contributed by atoms with Gasteiger partial charge in [-0.2, -0.15) is 0 Å². The van der Waals surface area contributed by atoms with E-state index in [1.807, 2.05) is 13.2 Å². The third kappa shape index (κ3) is 7.60. The molecule has 10 heteroatoms. The number of aryl methyl sites for hydroxylation is 1. The topological polar surface area (TPSA) is 86.8 Å². The van der Waals surface area contributed by atoms with Gasteiger partial charge in [0.1, 0.15) is 18.4 Å². The summed E-state index contributed by atoms with van der Waals surface area (Å²) in [6.45, 7) is 5.32. The predicted octanol–water partition coefficient (Wildman–Crippen LogP) is 4.99. The second-order valence-electron chi connectivity index (χ2n) is 8.99. The first-order chi connectivity index (χ1) is 18.6. The number of rotatable bonds is 12. The highest BCUT2D eigenvalue weighted by Crippen LogP contribution is 2.26. The molecule has 0 aliphatic rings. The number of nitrogens with one attached hydrogen (secondary N) is 1. The summed E-state index contributed by atoms with van der Waals surface area (Å²) in [5, 5.41) is 2.76. The van der Waals surface area contributed by atoms with Crippen molar-refractivity contribution in [1.29, 1.82) is 0 Å². The van der Waals surface area contributed by atoms with Crippen LogP contribution in [0.5, 0.6) is 0 Å². The van der Waals surface area contributed by atoms with Crippen molar-refractivity contribution in [2.45, 2.75) is 49.6 Å². The summed E-state index contributed by atoms with van der Waals surface area (Å²) in [6.07, 6.45) is 2.21. The van der Waals surface area contributed by atoms with Gasteiger partial charge in [0.25, 0.3) is 10.0 Å². The number of anilines is 1. The van der Waals surface area contributed by atoms with Crippen LogP contribution in [-0.4, -0.2) is 50.5 Å². The van der Waals surface area contributed by atoms with Crippen molar-refractivity contribution in [2.75, 3.05) is 23.7 Å². The maximum atomic E-state index is 13.9. The lowest BCUT2D eigenvalue weighted by Crippen LogP contribution is -2.52. The Morgan fingerprint density at radius 3 is 2.10 bits per heavy atom. The second-order valence-corrected chi connectivity index (χ2v) is 11.7. The fourth-order valence-electron chi connectivity index (χ4n) is 4.11. The smallest absolute Gasteiger partial charge is 0.264 e. The fraction of sp³-hybridized carbons (Fsp3) is 0.310. The summed E-state index contributed by atoms with van der Waals surface area (Å²) in [5.74, 6) is -1.31. The summed E-state index contributed by atoms with van der Waals surface area (Å²) in [6, 6.07) is 18.2. The summed E-state index contributed by atoms with van der Waals surface area (Å²) >= 11 is 1.49. The number of sulfonamides is 1. The molecule has 7 nitrogen and oxygen atoms in total. The molecule has 0 aliphatic carbocycles. The molecule has 0 bridgehead atoms. The number of carbonyl (C=O) groups excluding carboxylic acids is 2. The molecule has 208 valence electrons. The van der Waals surface area contributed by atoms with Gasteiger partial charge in [0.05, 0.1) is 10.6 Å². The molecule has 3 aromatic rings. The first kappa shape index (κ1) is 30.2. The Hall–Kier alpha value is -3.37. The largest absolute Gasteiger partial charge is 0.355 e. The molecule has 0 aliphatic heterocycles. The summed E-state index contributed by atoms with van der Waals surface area (Å²) in [5.41, 5.74) is 1.88. The Morgan fingerprint density at radius 2 is 1.56 bits per heavy atom. The van der Waals surface area contributed by atoms with Gasteiger partial charge < -0.3 is 10.2 Å². The van der Waals surface area contributed by atoms with Crippen molar-refractivity contribution in [3.63, 3.8) is 0 Å². The van der Waals surface area contributed by atoms with Gasteiger partial charge in [0.15, 0.2) is 0 Å². The molecular weight excluding hydrogens is 537 g/mol. The van der Waals surface area contributed by atoms with Crippen LogP contribution in [0.15, 0.2) is 82.6 Å². The molecule has 1 atom stereocenters. The number of carbonyl (C=O) groups is 2. The van der Waals surface area contributed by atoms with Crippen LogP contribution in [0, 0.1) is 12.7 Å². The summed E-state index contributed by atoms with van der Waals surface area (Å²) in [4.78, 5) is 29.2. The Balaban J connectivity index is 2.04. The minimum Gasteiger partial charge on any atom is -0.355 e. The first-order valence-corrected chi connectivity index (χ1v) is 15.3. The number of thioether (sulfide) groups is 1. The standard InChI is InChI=1S/C29H34FN3O4S2/c1-5-27(29(35)31-6-2)32(19-22-9-11-23(30)12-10-22)28(34)20-33(24-13-7-21(3)8-14-24)39(36,37)26-17-15-25(38-4)16-18-26/h7-18,27H,5-6,19-20H2,1-4H3,(H,31,35)/t27-/m0/s1. The fourth-order valence-corrected chi connectivity index (χ4v) is 5.94. The van der Waals surface area contributed by atoms with E-state index in [1.54, 1.807) is 62.4 Å². The van der Waals surface area contributed by atoms with Gasteiger partial charge >= 0.3 is 0 Å². The van der Waals surface area contributed by atoms with E-state index >= 15 is 0 Å². The number of halogens is 1. The molecule has 0 heterocycles. The van der Waals surface area contributed by atoms with E-state index in [2.05, 4.69) is 5.32 Å². The van der Waals surface area contributed by atoms with Gasteiger partial charge in [0.2, 0.25) is 11.8 Å². The monoisotopic (exact) mass is 571 g/mol. The van der Waals surface area contributed by atoms with Crippen molar-refractivity contribution in [3.05, 3.63) is 89.7 Å². The van der Waals surface area contributed by atoms with Gasteiger partial charge in [-0.25, -0.2) is 12.8 Å². The zero-order chi connectivity index (χ0) is 28.6. The van der Waals surface area contributed by atoms with Crippen LogP contribution >= 0.6 is 11.8 Å². The zero-order valence-electron chi connectivity index (χ0n) is 22.6. The lowest BCUT2D eigenvalue weighted by atomic mass is 10.1. The maximum absolute atomic E-state index is 13.9. The molecule has 0 aromatic heterocycles. The van der Waals surface area contributed by atoms with Gasteiger partial charge in [-0.15, -0.1) is 11.8 Å². The summed E-state index contributed by atoms with van der Waals surface area (Å²) < 4.78 is 42.4. The van der Waals surface area contributed by atoms with Crippen LogP contribution < -0.4 is 9.62 Å². The van der Waals surface area contributed by atoms with E-state index in [1.165, 1.54) is 40.9 Å². The Bertz CT molecular complexity index is 1360. The van der Waals surface area contributed by atoms with Crippen LogP contribution in [0.25, 0.3) is 0 Å². The van der Waals surface area contributed by atoms with E-state index in [-0.39, 0.29) is 17.3 Å². The van der Waals surface area contributed by atoms with E-state index < -0.39 is 34.3 Å². The predicted molar refractivity (Wildman–Crippen MR) is 154 cm³/mol. The van der Waals surface area contributed by atoms with Crippen molar-refractivity contribution in [1.82, 2.24) is 10.2 Å². The highest BCUT2D eigenvalue weighted by molar-refractivity contribution is 7.98.